The fraction of sp³-hybridized carbons (Fsp3) is 0.500. The summed E-state index contributed by atoms with van der Waals surface area (Å²) in [5.74, 6) is -0.302. The van der Waals surface area contributed by atoms with Crippen molar-refractivity contribution in [1.29, 1.82) is 0 Å². The van der Waals surface area contributed by atoms with Crippen LogP contribution >= 0.6 is 0 Å². The van der Waals surface area contributed by atoms with Gasteiger partial charge in [0.1, 0.15) is 5.75 Å². The number of anilines is 1. The van der Waals surface area contributed by atoms with E-state index in [2.05, 4.69) is 9.80 Å². The van der Waals surface area contributed by atoms with Crippen LogP contribution in [0.5, 0.6) is 5.75 Å². The summed E-state index contributed by atoms with van der Waals surface area (Å²) in [6, 6.07) is 5.68. The van der Waals surface area contributed by atoms with E-state index < -0.39 is 6.04 Å². The van der Waals surface area contributed by atoms with Gasteiger partial charge in [0.25, 0.3) is 5.91 Å². The molecule has 1 aromatic rings. The van der Waals surface area contributed by atoms with Gasteiger partial charge in [0.15, 0.2) is 0 Å². The van der Waals surface area contributed by atoms with E-state index >= 15 is 0 Å². The van der Waals surface area contributed by atoms with Gasteiger partial charge in [0.05, 0.1) is 24.8 Å². The number of carbonyl (C=O) groups excluding carboxylic acids is 2. The average Bonchev–Trinajstić information content (AvgIpc) is 2.84. The number of hydrogen-bond donors (Lipinski definition) is 2. The lowest BCUT2D eigenvalue weighted by atomic mass is 10.1. The van der Waals surface area contributed by atoms with Crippen LogP contribution in [-0.2, 0) is 9.59 Å². The first-order valence-corrected chi connectivity index (χ1v) is 7.83. The first-order chi connectivity index (χ1) is 11.1. The van der Waals surface area contributed by atoms with Crippen LogP contribution in [0.2, 0.25) is 0 Å². The highest BCUT2D eigenvalue weighted by Gasteiger charge is 2.43. The number of rotatable bonds is 4. The summed E-state index contributed by atoms with van der Waals surface area (Å²) >= 11 is 0. The number of phenols is 1. The van der Waals surface area contributed by atoms with Crippen LogP contribution in [0, 0.1) is 0 Å². The number of carbonyl (C=O) groups is 2. The maximum absolute atomic E-state index is 12.7. The van der Waals surface area contributed by atoms with Crippen LogP contribution in [0.4, 0.5) is 5.69 Å². The number of aliphatic hydroxyl groups is 1. The Hall–Kier alpha value is -1.96. The zero-order chi connectivity index (χ0) is 16.4. The minimum Gasteiger partial charge on any atom is -0.508 e. The zero-order valence-electron chi connectivity index (χ0n) is 12.9. The van der Waals surface area contributed by atoms with Crippen molar-refractivity contribution in [3.8, 4) is 5.75 Å². The van der Waals surface area contributed by atoms with Gasteiger partial charge in [-0.3, -0.25) is 19.4 Å². The molecule has 23 heavy (non-hydrogen) atoms. The van der Waals surface area contributed by atoms with Crippen molar-refractivity contribution in [3.05, 3.63) is 24.3 Å². The smallest absolute Gasteiger partial charge is 0.251 e. The first kappa shape index (κ1) is 15.9. The van der Waals surface area contributed by atoms with Crippen molar-refractivity contribution in [2.24, 2.45) is 0 Å². The number of phenolic OH excluding ortho intramolecular Hbond substituents is 1. The van der Waals surface area contributed by atoms with Crippen LogP contribution in [0.1, 0.15) is 6.42 Å². The molecule has 0 bridgehead atoms. The molecule has 7 nitrogen and oxygen atoms in total. The summed E-state index contributed by atoms with van der Waals surface area (Å²) in [6.07, 6.45) is 0.194. The molecule has 2 amide bonds. The molecule has 0 aromatic heterocycles. The molecule has 2 N–H and O–H groups in total. The summed E-state index contributed by atoms with van der Waals surface area (Å²) in [7, 11) is 0. The predicted octanol–water partition coefficient (Wildman–Crippen LogP) is -0.366. The van der Waals surface area contributed by atoms with Crippen molar-refractivity contribution in [2.45, 2.75) is 12.5 Å². The third-order valence-corrected chi connectivity index (χ3v) is 4.49. The Balaban J connectivity index is 1.68. The molecule has 1 aromatic carbocycles. The molecule has 124 valence electrons. The number of hydrogen-bond acceptors (Lipinski definition) is 6. The molecule has 2 aliphatic heterocycles. The van der Waals surface area contributed by atoms with Crippen molar-refractivity contribution in [3.63, 3.8) is 0 Å². The van der Waals surface area contributed by atoms with Crippen LogP contribution in [-0.4, -0.2) is 77.2 Å². The van der Waals surface area contributed by atoms with E-state index in [0.29, 0.717) is 25.3 Å². The second-order valence-corrected chi connectivity index (χ2v) is 5.90. The molecule has 2 aliphatic rings. The van der Waals surface area contributed by atoms with Crippen LogP contribution in [0.3, 0.4) is 0 Å². The Morgan fingerprint density at radius 2 is 1.70 bits per heavy atom. The van der Waals surface area contributed by atoms with Gasteiger partial charge < -0.3 is 10.2 Å². The Morgan fingerprint density at radius 3 is 2.30 bits per heavy atom. The minimum absolute atomic E-state index is 0.101. The average molecular weight is 319 g/mol. The highest BCUT2D eigenvalue weighted by atomic mass is 16.3. The Morgan fingerprint density at radius 1 is 1.04 bits per heavy atom. The molecule has 2 fully saturated rings. The summed E-state index contributed by atoms with van der Waals surface area (Å²) in [5, 5.41) is 18.3. The molecule has 2 heterocycles. The Kier molecular flexibility index (Phi) is 4.61. The third kappa shape index (κ3) is 3.21. The zero-order valence-corrected chi connectivity index (χ0v) is 12.9. The largest absolute Gasteiger partial charge is 0.508 e. The lowest BCUT2D eigenvalue weighted by Crippen LogP contribution is -2.52. The Labute approximate surface area is 134 Å². The number of imide groups is 1. The molecule has 0 saturated carbocycles. The second-order valence-electron chi connectivity index (χ2n) is 5.90. The molecule has 0 aliphatic carbocycles. The van der Waals surface area contributed by atoms with E-state index in [0.717, 1.165) is 13.1 Å². The van der Waals surface area contributed by atoms with Crippen LogP contribution < -0.4 is 4.90 Å². The highest BCUT2D eigenvalue weighted by molar-refractivity contribution is 6.22. The number of benzene rings is 1. The number of aliphatic hydroxyl groups excluding tert-OH is 1. The molecular formula is C16H21N3O4. The molecule has 1 atom stereocenters. The molecular weight excluding hydrogens is 298 g/mol. The van der Waals surface area contributed by atoms with Gasteiger partial charge in [0.2, 0.25) is 5.91 Å². The van der Waals surface area contributed by atoms with E-state index in [9.17, 15) is 14.7 Å². The highest BCUT2D eigenvalue weighted by Crippen LogP contribution is 2.27. The lowest BCUT2D eigenvalue weighted by molar-refractivity contribution is -0.123. The van der Waals surface area contributed by atoms with E-state index in [4.69, 9.17) is 5.11 Å². The fourth-order valence-corrected chi connectivity index (χ4v) is 3.21. The first-order valence-electron chi connectivity index (χ1n) is 7.83. The topological polar surface area (TPSA) is 84.3 Å². The number of piperazine rings is 1. The Bertz CT molecular complexity index is 581. The maximum atomic E-state index is 12.7. The quantitative estimate of drug-likeness (QED) is 0.737. The van der Waals surface area contributed by atoms with Gasteiger partial charge in [-0.15, -0.1) is 0 Å². The van der Waals surface area contributed by atoms with Crippen molar-refractivity contribution in [1.82, 2.24) is 9.80 Å². The molecule has 1 unspecified atom stereocenters. The number of amides is 2. The molecule has 0 spiro atoms. The number of β-amino-alcohol motifs (C(OH)–C–C–N with tert-alkyl or cyclic N) is 1. The SMILES string of the molecule is O=C1CC(N2CCN(CCO)CC2)C(=O)N1c1ccc(O)cc1. The summed E-state index contributed by atoms with van der Waals surface area (Å²) in [6.45, 7) is 3.79. The van der Waals surface area contributed by atoms with Crippen molar-refractivity contribution < 1.29 is 19.8 Å². The molecule has 2 saturated heterocycles. The third-order valence-electron chi connectivity index (χ3n) is 4.49. The van der Waals surface area contributed by atoms with E-state index in [1.807, 2.05) is 0 Å². The molecule has 0 radical (unpaired) electrons. The monoisotopic (exact) mass is 319 g/mol. The predicted molar refractivity (Wildman–Crippen MR) is 84.1 cm³/mol. The van der Waals surface area contributed by atoms with Crippen LogP contribution in [0.25, 0.3) is 0 Å². The van der Waals surface area contributed by atoms with Gasteiger partial charge in [-0.05, 0) is 24.3 Å². The van der Waals surface area contributed by atoms with Crippen LogP contribution in [0.15, 0.2) is 24.3 Å². The van der Waals surface area contributed by atoms with E-state index in [1.165, 1.54) is 17.0 Å². The fourth-order valence-electron chi connectivity index (χ4n) is 3.21. The molecule has 3 rings (SSSR count). The normalized spacial score (nSPS) is 23.7. The number of nitrogens with zero attached hydrogens (tertiary/aromatic N) is 3. The lowest BCUT2D eigenvalue weighted by Gasteiger charge is -2.36. The van der Waals surface area contributed by atoms with Crippen molar-refractivity contribution in [2.75, 3.05) is 44.2 Å². The summed E-state index contributed by atoms with van der Waals surface area (Å²) in [5.41, 5.74) is 0.499. The summed E-state index contributed by atoms with van der Waals surface area (Å²) in [4.78, 5) is 30.3. The van der Waals surface area contributed by atoms with Gasteiger partial charge in [-0.2, -0.15) is 0 Å². The molecule has 7 heteroatoms. The standard InChI is InChI=1S/C16H21N3O4/c20-10-9-17-5-7-18(8-6-17)14-11-15(22)19(16(14)23)12-1-3-13(21)4-2-12/h1-4,14,20-21H,5-11H2. The van der Waals surface area contributed by atoms with Gasteiger partial charge >= 0.3 is 0 Å². The minimum atomic E-state index is -0.410. The number of aromatic hydroxyl groups is 1. The summed E-state index contributed by atoms with van der Waals surface area (Å²) < 4.78 is 0. The van der Waals surface area contributed by atoms with E-state index in [1.54, 1.807) is 12.1 Å². The van der Waals surface area contributed by atoms with Crippen molar-refractivity contribution >= 4 is 17.5 Å². The van der Waals surface area contributed by atoms with Gasteiger partial charge in [-0.25, -0.2) is 4.90 Å². The van der Waals surface area contributed by atoms with E-state index in [-0.39, 0.29) is 30.6 Å². The van der Waals surface area contributed by atoms with Gasteiger partial charge in [0, 0.05) is 32.7 Å². The van der Waals surface area contributed by atoms with Gasteiger partial charge in [-0.1, -0.05) is 0 Å². The maximum Gasteiger partial charge on any atom is 0.251 e. The second kappa shape index (κ2) is 6.66.